The summed E-state index contributed by atoms with van der Waals surface area (Å²) in [5.41, 5.74) is 0.665. The molecule has 1 aromatic carbocycles. The summed E-state index contributed by atoms with van der Waals surface area (Å²) in [5.74, 6) is -0.00412. The Balaban J connectivity index is 2.10. The number of aliphatic hydroxyl groups excluding tert-OH is 1. The summed E-state index contributed by atoms with van der Waals surface area (Å²) < 4.78 is 0. The van der Waals surface area contributed by atoms with Gasteiger partial charge in [0.1, 0.15) is 0 Å². The molecular formula is C11H12NO2. The second-order valence-electron chi connectivity index (χ2n) is 3.48. The summed E-state index contributed by atoms with van der Waals surface area (Å²) in [6, 6.07) is 9.80. The summed E-state index contributed by atoms with van der Waals surface area (Å²) in [6.07, 6.45) is 0.333. The molecule has 3 nitrogen and oxygen atoms in total. The van der Waals surface area contributed by atoms with Crippen molar-refractivity contribution in [1.82, 2.24) is 4.90 Å². The van der Waals surface area contributed by atoms with Crippen LogP contribution in [0.3, 0.4) is 0 Å². The van der Waals surface area contributed by atoms with E-state index in [1.807, 2.05) is 0 Å². The van der Waals surface area contributed by atoms with E-state index in [4.69, 9.17) is 0 Å². The van der Waals surface area contributed by atoms with Crippen molar-refractivity contribution in [2.75, 3.05) is 13.1 Å². The van der Waals surface area contributed by atoms with Crippen molar-refractivity contribution in [3.05, 3.63) is 35.9 Å². The average molecular weight is 190 g/mol. The average Bonchev–Trinajstić information content (AvgIpc) is 2.65. The smallest absolute Gasteiger partial charge is 0.253 e. The van der Waals surface area contributed by atoms with Crippen molar-refractivity contribution in [3.8, 4) is 0 Å². The van der Waals surface area contributed by atoms with Gasteiger partial charge in [0, 0.05) is 18.7 Å². The molecule has 1 saturated heterocycles. The summed E-state index contributed by atoms with van der Waals surface area (Å²) in [4.78, 5) is 13.5. The molecule has 1 amide bonds. The van der Waals surface area contributed by atoms with Gasteiger partial charge in [-0.05, 0) is 24.6 Å². The lowest BCUT2D eigenvalue weighted by Gasteiger charge is -2.14. The van der Waals surface area contributed by atoms with E-state index in [1.54, 1.807) is 29.2 Å². The lowest BCUT2D eigenvalue weighted by molar-refractivity contribution is 0.0765. The zero-order chi connectivity index (χ0) is 9.97. The lowest BCUT2D eigenvalue weighted by Crippen LogP contribution is -2.29. The Morgan fingerprint density at radius 1 is 1.50 bits per heavy atom. The van der Waals surface area contributed by atoms with Gasteiger partial charge in [0.15, 0.2) is 0 Å². The first-order chi connectivity index (χ1) is 6.77. The van der Waals surface area contributed by atoms with Crippen LogP contribution in [-0.4, -0.2) is 35.1 Å². The normalized spacial score (nSPS) is 21.2. The van der Waals surface area contributed by atoms with Crippen molar-refractivity contribution in [3.63, 3.8) is 0 Å². The molecule has 1 atom stereocenters. The van der Waals surface area contributed by atoms with E-state index in [-0.39, 0.29) is 12.0 Å². The molecule has 0 bridgehead atoms. The zero-order valence-corrected chi connectivity index (χ0v) is 7.81. The van der Waals surface area contributed by atoms with Crippen molar-refractivity contribution >= 4 is 5.91 Å². The maximum absolute atomic E-state index is 11.8. The number of benzene rings is 1. The highest BCUT2D eigenvalue weighted by Crippen LogP contribution is 2.12. The van der Waals surface area contributed by atoms with Crippen molar-refractivity contribution in [2.45, 2.75) is 12.5 Å². The first-order valence-electron chi connectivity index (χ1n) is 4.71. The second kappa shape index (κ2) is 3.80. The van der Waals surface area contributed by atoms with Gasteiger partial charge in [0.05, 0.1) is 6.10 Å². The van der Waals surface area contributed by atoms with Gasteiger partial charge < -0.3 is 10.0 Å². The molecule has 14 heavy (non-hydrogen) atoms. The fraction of sp³-hybridized carbons (Fsp3) is 0.364. The third kappa shape index (κ3) is 1.77. The van der Waals surface area contributed by atoms with Crippen LogP contribution in [0.1, 0.15) is 16.8 Å². The summed E-state index contributed by atoms with van der Waals surface area (Å²) in [6.45, 7) is 1.11. The maximum atomic E-state index is 11.8. The van der Waals surface area contributed by atoms with Crippen molar-refractivity contribution < 1.29 is 9.90 Å². The van der Waals surface area contributed by atoms with E-state index in [9.17, 15) is 9.90 Å². The monoisotopic (exact) mass is 190 g/mol. The van der Waals surface area contributed by atoms with Gasteiger partial charge in [-0.25, -0.2) is 0 Å². The Kier molecular flexibility index (Phi) is 2.50. The van der Waals surface area contributed by atoms with Crippen molar-refractivity contribution in [2.24, 2.45) is 0 Å². The minimum atomic E-state index is -0.353. The number of hydrogen-bond donors (Lipinski definition) is 1. The number of rotatable bonds is 1. The quantitative estimate of drug-likeness (QED) is 0.708. The zero-order valence-electron chi connectivity index (χ0n) is 7.81. The minimum Gasteiger partial charge on any atom is -0.391 e. The third-order valence-electron chi connectivity index (χ3n) is 2.42. The molecule has 0 spiro atoms. The number of hydrogen-bond acceptors (Lipinski definition) is 2. The molecule has 1 unspecified atom stereocenters. The molecule has 0 aliphatic carbocycles. The number of carbonyl (C=O) groups is 1. The first kappa shape index (κ1) is 9.21. The van der Waals surface area contributed by atoms with E-state index >= 15 is 0 Å². The molecule has 3 heteroatoms. The lowest BCUT2D eigenvalue weighted by atomic mass is 10.2. The summed E-state index contributed by atoms with van der Waals surface area (Å²) in [5, 5.41) is 9.30. The Morgan fingerprint density at radius 2 is 2.21 bits per heavy atom. The SMILES string of the molecule is O=C(c1cc[c]cc1)N1CCC(O)C1. The van der Waals surface area contributed by atoms with Crippen molar-refractivity contribution in [1.29, 1.82) is 0 Å². The molecule has 1 aromatic rings. The molecule has 2 rings (SSSR count). The fourth-order valence-electron chi connectivity index (χ4n) is 1.64. The molecule has 1 radical (unpaired) electrons. The molecule has 73 valence electrons. The van der Waals surface area contributed by atoms with E-state index in [1.165, 1.54) is 0 Å². The van der Waals surface area contributed by atoms with Crippen LogP contribution in [0, 0.1) is 6.07 Å². The number of amides is 1. The second-order valence-corrected chi connectivity index (χ2v) is 3.48. The van der Waals surface area contributed by atoms with Crippen LogP contribution in [0.2, 0.25) is 0 Å². The summed E-state index contributed by atoms with van der Waals surface area (Å²) in [7, 11) is 0. The van der Waals surface area contributed by atoms with E-state index in [2.05, 4.69) is 6.07 Å². The Hall–Kier alpha value is -1.35. The van der Waals surface area contributed by atoms with Gasteiger partial charge in [0.25, 0.3) is 5.91 Å². The van der Waals surface area contributed by atoms with Crippen LogP contribution in [0.15, 0.2) is 24.3 Å². The van der Waals surface area contributed by atoms with Crippen LogP contribution in [0.25, 0.3) is 0 Å². The third-order valence-corrected chi connectivity index (χ3v) is 2.42. The van der Waals surface area contributed by atoms with Gasteiger partial charge >= 0.3 is 0 Å². The molecule has 1 N–H and O–H groups in total. The summed E-state index contributed by atoms with van der Waals surface area (Å²) >= 11 is 0. The molecule has 1 aliphatic heterocycles. The molecular weight excluding hydrogens is 178 g/mol. The first-order valence-corrected chi connectivity index (χ1v) is 4.71. The van der Waals surface area contributed by atoms with Gasteiger partial charge in [-0.3, -0.25) is 4.79 Å². The topological polar surface area (TPSA) is 40.5 Å². The van der Waals surface area contributed by atoms with E-state index < -0.39 is 0 Å². The Bertz CT molecular complexity index is 323. The van der Waals surface area contributed by atoms with Gasteiger partial charge in [-0.2, -0.15) is 0 Å². The van der Waals surface area contributed by atoms with Crippen LogP contribution in [0.4, 0.5) is 0 Å². The highest BCUT2D eigenvalue weighted by atomic mass is 16.3. The standard InChI is InChI=1S/C11H12NO2/c13-10-6-7-12(8-10)11(14)9-4-2-1-3-5-9/h2-5,10,13H,6-8H2. The van der Waals surface area contributed by atoms with Crippen LogP contribution in [0.5, 0.6) is 0 Å². The van der Waals surface area contributed by atoms with E-state index in [0.717, 1.165) is 0 Å². The predicted octanol–water partition coefficient (Wildman–Crippen LogP) is 0.694. The van der Waals surface area contributed by atoms with Gasteiger partial charge in [-0.1, -0.05) is 12.1 Å². The highest BCUT2D eigenvalue weighted by molar-refractivity contribution is 5.94. The molecule has 1 aliphatic rings. The predicted molar refractivity (Wildman–Crippen MR) is 51.8 cm³/mol. The largest absolute Gasteiger partial charge is 0.391 e. The number of carbonyl (C=O) groups excluding carboxylic acids is 1. The number of aliphatic hydroxyl groups is 1. The molecule has 0 aromatic heterocycles. The van der Waals surface area contributed by atoms with Gasteiger partial charge in [0.2, 0.25) is 0 Å². The highest BCUT2D eigenvalue weighted by Gasteiger charge is 2.24. The number of nitrogens with zero attached hydrogens (tertiary/aromatic N) is 1. The minimum absolute atomic E-state index is 0.00412. The maximum Gasteiger partial charge on any atom is 0.253 e. The van der Waals surface area contributed by atoms with E-state index in [0.29, 0.717) is 25.1 Å². The fourth-order valence-corrected chi connectivity index (χ4v) is 1.64. The Morgan fingerprint density at radius 3 is 2.79 bits per heavy atom. The Labute approximate surface area is 83.0 Å². The van der Waals surface area contributed by atoms with Crippen LogP contribution >= 0.6 is 0 Å². The number of β-amino-alcohol motifs (C(OH)–C–C–N with tert-alkyl or cyclic N) is 1. The van der Waals surface area contributed by atoms with Gasteiger partial charge in [-0.15, -0.1) is 0 Å². The molecule has 0 saturated carbocycles. The molecule has 1 heterocycles. The molecule has 1 fully saturated rings. The van der Waals surface area contributed by atoms with Crippen LogP contribution in [-0.2, 0) is 0 Å². The number of likely N-dealkylation sites (tertiary alicyclic amines) is 1. The van der Waals surface area contributed by atoms with Crippen LogP contribution < -0.4 is 0 Å².